The van der Waals surface area contributed by atoms with Gasteiger partial charge in [-0.15, -0.1) is 0 Å². The molecule has 2 nitrogen and oxygen atoms in total. The first-order valence-corrected chi connectivity index (χ1v) is 6.93. The summed E-state index contributed by atoms with van der Waals surface area (Å²) >= 11 is 0. The Morgan fingerprint density at radius 2 is 1.56 bits per heavy atom. The smallest absolute Gasteiger partial charge is 0.0147 e. The Hall–Kier alpha value is -0.0800. The molecule has 0 spiro atoms. The highest BCUT2D eigenvalue weighted by atomic mass is 15.2. The highest BCUT2D eigenvalue weighted by molar-refractivity contribution is 4.93. The van der Waals surface area contributed by atoms with Crippen molar-refractivity contribution in [3.05, 3.63) is 0 Å². The van der Waals surface area contributed by atoms with Crippen LogP contribution in [0.3, 0.4) is 0 Å². The molecule has 94 valence electrons. The summed E-state index contributed by atoms with van der Waals surface area (Å²) < 4.78 is 0. The SMILES string of the molecule is CN1CCC(N2CCC[C@H]2C(C)(C)C)CC1. The number of likely N-dealkylation sites (tertiary alicyclic amines) is 2. The van der Waals surface area contributed by atoms with E-state index in [4.69, 9.17) is 0 Å². The van der Waals surface area contributed by atoms with E-state index in [1.165, 1.54) is 45.3 Å². The third kappa shape index (κ3) is 2.60. The van der Waals surface area contributed by atoms with Crippen molar-refractivity contribution in [3.63, 3.8) is 0 Å². The number of rotatable bonds is 1. The molecule has 16 heavy (non-hydrogen) atoms. The lowest BCUT2D eigenvalue weighted by atomic mass is 9.84. The first-order valence-electron chi connectivity index (χ1n) is 6.93. The van der Waals surface area contributed by atoms with E-state index >= 15 is 0 Å². The topological polar surface area (TPSA) is 6.48 Å². The summed E-state index contributed by atoms with van der Waals surface area (Å²) in [6, 6.07) is 1.68. The van der Waals surface area contributed by atoms with Gasteiger partial charge in [0.05, 0.1) is 0 Å². The van der Waals surface area contributed by atoms with Gasteiger partial charge >= 0.3 is 0 Å². The van der Waals surface area contributed by atoms with Crippen molar-refractivity contribution in [1.29, 1.82) is 0 Å². The van der Waals surface area contributed by atoms with E-state index < -0.39 is 0 Å². The van der Waals surface area contributed by atoms with Crippen LogP contribution in [0.4, 0.5) is 0 Å². The Morgan fingerprint density at radius 1 is 0.938 bits per heavy atom. The Morgan fingerprint density at radius 3 is 2.12 bits per heavy atom. The normalized spacial score (nSPS) is 31.1. The maximum absolute atomic E-state index is 2.83. The van der Waals surface area contributed by atoms with Gasteiger partial charge in [0.1, 0.15) is 0 Å². The quantitative estimate of drug-likeness (QED) is 0.675. The van der Waals surface area contributed by atoms with Gasteiger partial charge in [-0.05, 0) is 57.8 Å². The molecule has 0 saturated carbocycles. The zero-order valence-corrected chi connectivity index (χ0v) is 11.5. The van der Waals surface area contributed by atoms with E-state index in [9.17, 15) is 0 Å². The van der Waals surface area contributed by atoms with Crippen LogP contribution in [0.15, 0.2) is 0 Å². The summed E-state index contributed by atoms with van der Waals surface area (Å²) in [5.41, 5.74) is 0.458. The van der Waals surface area contributed by atoms with Gasteiger partial charge in [0.2, 0.25) is 0 Å². The number of hydrogen-bond acceptors (Lipinski definition) is 2. The van der Waals surface area contributed by atoms with Gasteiger partial charge in [-0.25, -0.2) is 0 Å². The van der Waals surface area contributed by atoms with Crippen LogP contribution in [0.2, 0.25) is 0 Å². The van der Waals surface area contributed by atoms with Crippen LogP contribution in [-0.4, -0.2) is 48.6 Å². The minimum absolute atomic E-state index is 0.458. The molecule has 0 bridgehead atoms. The predicted octanol–water partition coefficient (Wildman–Crippen LogP) is 2.59. The van der Waals surface area contributed by atoms with Crippen molar-refractivity contribution in [2.45, 2.75) is 58.5 Å². The maximum Gasteiger partial charge on any atom is 0.0147 e. The highest BCUT2D eigenvalue weighted by Crippen LogP contribution is 2.35. The van der Waals surface area contributed by atoms with Gasteiger partial charge in [-0.2, -0.15) is 0 Å². The van der Waals surface area contributed by atoms with Gasteiger partial charge in [-0.3, -0.25) is 4.90 Å². The molecule has 0 aromatic carbocycles. The fourth-order valence-corrected chi connectivity index (χ4v) is 3.48. The van der Waals surface area contributed by atoms with E-state index in [2.05, 4.69) is 37.6 Å². The van der Waals surface area contributed by atoms with E-state index in [1.54, 1.807) is 0 Å². The van der Waals surface area contributed by atoms with Crippen molar-refractivity contribution in [1.82, 2.24) is 9.80 Å². The van der Waals surface area contributed by atoms with Crippen molar-refractivity contribution < 1.29 is 0 Å². The third-order valence-corrected chi connectivity index (χ3v) is 4.45. The van der Waals surface area contributed by atoms with E-state index in [0.29, 0.717) is 5.41 Å². The molecule has 0 radical (unpaired) electrons. The Labute approximate surface area is 101 Å². The van der Waals surface area contributed by atoms with Crippen LogP contribution in [0.1, 0.15) is 46.5 Å². The lowest BCUT2D eigenvalue weighted by Crippen LogP contribution is -2.49. The first kappa shape index (κ1) is 12.4. The third-order valence-electron chi connectivity index (χ3n) is 4.45. The molecule has 0 aromatic rings. The second-order valence-corrected chi connectivity index (χ2v) is 6.80. The van der Waals surface area contributed by atoms with Crippen LogP contribution in [0, 0.1) is 5.41 Å². The molecule has 2 heterocycles. The van der Waals surface area contributed by atoms with Crippen LogP contribution in [0.25, 0.3) is 0 Å². The summed E-state index contributed by atoms with van der Waals surface area (Å²) in [4.78, 5) is 5.30. The molecule has 0 aliphatic carbocycles. The van der Waals surface area contributed by atoms with Gasteiger partial charge in [-0.1, -0.05) is 20.8 Å². The number of piperidine rings is 1. The standard InChI is InChI=1S/C14H28N2/c1-14(2,3)13-6-5-9-16(13)12-7-10-15(4)11-8-12/h12-13H,5-11H2,1-4H3/t13-/m0/s1. The summed E-state index contributed by atoms with van der Waals surface area (Å²) in [6.45, 7) is 11.1. The van der Waals surface area contributed by atoms with Crippen molar-refractivity contribution in [2.24, 2.45) is 5.41 Å². The second-order valence-electron chi connectivity index (χ2n) is 6.80. The Kier molecular flexibility index (Phi) is 3.60. The molecule has 0 unspecified atom stereocenters. The largest absolute Gasteiger partial charge is 0.306 e. The Balaban J connectivity index is 1.98. The van der Waals surface area contributed by atoms with Gasteiger partial charge in [0.15, 0.2) is 0 Å². The second kappa shape index (κ2) is 4.66. The molecular formula is C14H28N2. The molecule has 0 N–H and O–H groups in total. The summed E-state index contributed by atoms with van der Waals surface area (Å²) in [5.74, 6) is 0. The van der Waals surface area contributed by atoms with E-state index in [-0.39, 0.29) is 0 Å². The van der Waals surface area contributed by atoms with Crippen molar-refractivity contribution >= 4 is 0 Å². The number of hydrogen-bond donors (Lipinski definition) is 0. The van der Waals surface area contributed by atoms with Crippen molar-refractivity contribution in [2.75, 3.05) is 26.7 Å². The maximum atomic E-state index is 2.83. The molecule has 2 aliphatic heterocycles. The molecule has 0 amide bonds. The molecule has 0 aromatic heterocycles. The molecule has 2 aliphatic rings. The molecule has 2 saturated heterocycles. The minimum atomic E-state index is 0.458. The van der Waals surface area contributed by atoms with Crippen molar-refractivity contribution in [3.8, 4) is 0 Å². The molecule has 2 fully saturated rings. The predicted molar refractivity (Wildman–Crippen MR) is 69.7 cm³/mol. The van der Waals surface area contributed by atoms with Gasteiger partial charge in [0.25, 0.3) is 0 Å². The lowest BCUT2D eigenvalue weighted by Gasteiger charge is -2.42. The average molecular weight is 224 g/mol. The van der Waals surface area contributed by atoms with Gasteiger partial charge < -0.3 is 4.90 Å². The van der Waals surface area contributed by atoms with Crippen LogP contribution < -0.4 is 0 Å². The molecular weight excluding hydrogens is 196 g/mol. The zero-order valence-electron chi connectivity index (χ0n) is 11.5. The Bertz CT molecular complexity index is 223. The van der Waals surface area contributed by atoms with E-state index in [0.717, 1.165) is 12.1 Å². The molecule has 1 atom stereocenters. The fraction of sp³-hybridized carbons (Fsp3) is 1.00. The lowest BCUT2D eigenvalue weighted by molar-refractivity contribution is 0.0614. The number of nitrogens with zero attached hydrogens (tertiary/aromatic N) is 2. The van der Waals surface area contributed by atoms with Crippen LogP contribution in [-0.2, 0) is 0 Å². The molecule has 2 rings (SSSR count). The zero-order chi connectivity index (χ0) is 11.8. The van der Waals surface area contributed by atoms with E-state index in [1.807, 2.05) is 0 Å². The summed E-state index contributed by atoms with van der Waals surface area (Å²) in [5, 5.41) is 0. The summed E-state index contributed by atoms with van der Waals surface area (Å²) in [7, 11) is 2.25. The minimum Gasteiger partial charge on any atom is -0.306 e. The average Bonchev–Trinajstić information content (AvgIpc) is 2.66. The van der Waals surface area contributed by atoms with Crippen LogP contribution in [0.5, 0.6) is 0 Å². The fourth-order valence-electron chi connectivity index (χ4n) is 3.48. The molecule has 2 heteroatoms. The highest BCUT2D eigenvalue weighted by Gasteiger charge is 2.38. The first-order chi connectivity index (χ1) is 7.48. The van der Waals surface area contributed by atoms with Crippen LogP contribution >= 0.6 is 0 Å². The monoisotopic (exact) mass is 224 g/mol. The van der Waals surface area contributed by atoms with Gasteiger partial charge in [0, 0.05) is 12.1 Å². The summed E-state index contributed by atoms with van der Waals surface area (Å²) in [6.07, 6.45) is 5.58.